The lowest BCUT2D eigenvalue weighted by Crippen LogP contribution is -2.48. The van der Waals surface area contributed by atoms with Crippen LogP contribution < -0.4 is 4.74 Å². The SMILES string of the molecule is COC(=O)C1(C)CC[C@H]2c3ccc(OC)cc3CC[C@H]2C1CC(=O)C=[N+]=[N-]. The first-order valence-electron chi connectivity index (χ1n) is 9.40. The number of fused-ring (bicyclic) bond motifs is 3. The highest BCUT2D eigenvalue weighted by Gasteiger charge is 2.53. The van der Waals surface area contributed by atoms with Gasteiger partial charge in [-0.2, -0.15) is 4.79 Å². The molecule has 1 saturated carbocycles. The Kier molecular flexibility index (Phi) is 5.47. The highest BCUT2D eigenvalue weighted by Crippen LogP contribution is 2.56. The molecule has 0 bridgehead atoms. The van der Waals surface area contributed by atoms with Gasteiger partial charge in [0.2, 0.25) is 5.78 Å². The highest BCUT2D eigenvalue weighted by atomic mass is 16.5. The molecule has 4 atom stereocenters. The first kappa shape index (κ1) is 19.3. The maximum Gasteiger partial charge on any atom is 0.323 e. The molecule has 6 nitrogen and oxygen atoms in total. The summed E-state index contributed by atoms with van der Waals surface area (Å²) in [7, 11) is 3.07. The molecule has 2 aliphatic carbocycles. The van der Waals surface area contributed by atoms with Crippen molar-refractivity contribution in [2.45, 2.75) is 44.9 Å². The van der Waals surface area contributed by atoms with E-state index < -0.39 is 5.41 Å². The summed E-state index contributed by atoms with van der Waals surface area (Å²) in [5.41, 5.74) is 10.6. The summed E-state index contributed by atoms with van der Waals surface area (Å²) in [5.74, 6) is 0.692. The summed E-state index contributed by atoms with van der Waals surface area (Å²) in [5, 5.41) is 0. The van der Waals surface area contributed by atoms with Crippen LogP contribution in [0.25, 0.3) is 5.53 Å². The van der Waals surface area contributed by atoms with Crippen LogP contribution in [0.5, 0.6) is 5.75 Å². The number of nitrogens with zero attached hydrogens (tertiary/aromatic N) is 2. The van der Waals surface area contributed by atoms with Gasteiger partial charge in [0, 0.05) is 6.42 Å². The highest BCUT2D eigenvalue weighted by molar-refractivity contribution is 6.25. The lowest BCUT2D eigenvalue weighted by molar-refractivity contribution is -0.161. The Morgan fingerprint density at radius 1 is 1.33 bits per heavy atom. The third-order valence-corrected chi connectivity index (χ3v) is 6.60. The van der Waals surface area contributed by atoms with Crippen LogP contribution in [0.15, 0.2) is 18.2 Å². The van der Waals surface area contributed by atoms with Crippen molar-refractivity contribution in [2.75, 3.05) is 14.2 Å². The summed E-state index contributed by atoms with van der Waals surface area (Å²) in [6.45, 7) is 1.91. The van der Waals surface area contributed by atoms with Gasteiger partial charge in [-0.15, -0.1) is 0 Å². The minimum Gasteiger partial charge on any atom is -0.497 e. The Balaban J connectivity index is 1.98. The van der Waals surface area contributed by atoms with Gasteiger partial charge in [0.15, 0.2) is 0 Å². The smallest absolute Gasteiger partial charge is 0.323 e. The van der Waals surface area contributed by atoms with E-state index in [1.165, 1.54) is 18.2 Å². The van der Waals surface area contributed by atoms with E-state index in [1.807, 2.05) is 13.0 Å². The van der Waals surface area contributed by atoms with E-state index >= 15 is 0 Å². The van der Waals surface area contributed by atoms with Crippen molar-refractivity contribution in [3.05, 3.63) is 34.9 Å². The molecule has 2 aliphatic rings. The minimum absolute atomic E-state index is 0.149. The van der Waals surface area contributed by atoms with E-state index in [4.69, 9.17) is 15.0 Å². The molecule has 27 heavy (non-hydrogen) atoms. The van der Waals surface area contributed by atoms with Crippen LogP contribution in [0.1, 0.15) is 49.7 Å². The molecule has 0 aromatic heterocycles. The van der Waals surface area contributed by atoms with E-state index in [0.717, 1.165) is 31.2 Å². The molecular weight excluding hydrogens is 344 g/mol. The van der Waals surface area contributed by atoms with Crippen LogP contribution in [0.4, 0.5) is 0 Å². The predicted octanol–water partition coefficient (Wildman–Crippen LogP) is 3.19. The van der Waals surface area contributed by atoms with Gasteiger partial charge in [-0.25, -0.2) is 0 Å². The third kappa shape index (κ3) is 3.42. The fraction of sp³-hybridized carbons (Fsp3) is 0.571. The quantitative estimate of drug-likeness (QED) is 0.345. The normalized spacial score (nSPS) is 28.9. The number of ketones is 1. The predicted molar refractivity (Wildman–Crippen MR) is 99.7 cm³/mol. The molecule has 144 valence electrons. The van der Waals surface area contributed by atoms with Crippen molar-refractivity contribution in [3.8, 4) is 5.75 Å². The molecule has 3 rings (SSSR count). The summed E-state index contributed by atoms with van der Waals surface area (Å²) < 4.78 is 10.4. The van der Waals surface area contributed by atoms with Crippen LogP contribution in [0.2, 0.25) is 0 Å². The topological polar surface area (TPSA) is 89.0 Å². The third-order valence-electron chi connectivity index (χ3n) is 6.60. The molecule has 0 amide bonds. The number of carbonyl (C=O) groups excluding carboxylic acids is 2. The second-order valence-electron chi connectivity index (χ2n) is 7.84. The monoisotopic (exact) mass is 370 g/mol. The van der Waals surface area contributed by atoms with Crippen LogP contribution in [0.3, 0.4) is 0 Å². The molecule has 0 spiro atoms. The number of hydrogen-bond acceptors (Lipinski definition) is 4. The Labute approximate surface area is 159 Å². The molecule has 6 heteroatoms. The number of benzene rings is 1. The Bertz CT molecular complexity index is 799. The van der Waals surface area contributed by atoms with Gasteiger partial charge in [-0.3, -0.25) is 9.59 Å². The van der Waals surface area contributed by atoms with Crippen molar-refractivity contribution >= 4 is 18.0 Å². The maximum absolute atomic E-state index is 12.6. The molecular formula is C21H26N2O4. The lowest BCUT2D eigenvalue weighted by Gasteiger charge is -2.50. The van der Waals surface area contributed by atoms with Crippen LogP contribution >= 0.6 is 0 Å². The standard InChI is InChI=1S/C21H26N2O4/c1-21(20(25)27-3)9-8-17-16-7-5-15(26-2)10-13(16)4-6-18(17)19(21)11-14(24)12-23-22/h5,7,10,12,17-19H,4,6,8-9,11H2,1-3H3/t17-,18+,19?,21?/m0/s1. The van der Waals surface area contributed by atoms with Gasteiger partial charge in [0.05, 0.1) is 19.6 Å². The maximum atomic E-state index is 12.6. The van der Waals surface area contributed by atoms with Gasteiger partial charge in [0.25, 0.3) is 0 Å². The minimum atomic E-state index is -0.709. The number of hydrogen-bond donors (Lipinski definition) is 0. The Morgan fingerprint density at radius 2 is 2.11 bits per heavy atom. The Hall–Kier alpha value is -2.46. The molecule has 1 aromatic rings. The van der Waals surface area contributed by atoms with Gasteiger partial charge < -0.3 is 15.0 Å². The van der Waals surface area contributed by atoms with E-state index in [0.29, 0.717) is 12.3 Å². The molecule has 1 aromatic carbocycles. The van der Waals surface area contributed by atoms with E-state index in [-0.39, 0.29) is 30.0 Å². The number of aryl methyl sites for hydroxylation is 1. The molecule has 0 heterocycles. The largest absolute Gasteiger partial charge is 0.497 e. The Morgan fingerprint density at radius 3 is 2.78 bits per heavy atom. The lowest BCUT2D eigenvalue weighted by atomic mass is 9.53. The van der Waals surface area contributed by atoms with Crippen LogP contribution in [-0.2, 0) is 20.7 Å². The summed E-state index contributed by atoms with van der Waals surface area (Å²) in [4.78, 5) is 27.7. The number of Topliss-reactive ketones (excluding diaryl/α,β-unsaturated/α-hetero) is 1. The molecule has 0 aliphatic heterocycles. The zero-order valence-electron chi connectivity index (χ0n) is 16.1. The van der Waals surface area contributed by atoms with Crippen molar-refractivity contribution in [1.29, 1.82) is 0 Å². The van der Waals surface area contributed by atoms with Crippen molar-refractivity contribution in [1.82, 2.24) is 0 Å². The summed E-state index contributed by atoms with van der Waals surface area (Å²) >= 11 is 0. The van der Waals surface area contributed by atoms with Crippen LogP contribution in [0, 0.1) is 17.3 Å². The van der Waals surface area contributed by atoms with Crippen molar-refractivity contribution in [2.24, 2.45) is 17.3 Å². The first-order valence-corrected chi connectivity index (χ1v) is 9.40. The van der Waals surface area contributed by atoms with Gasteiger partial charge in [-0.05, 0) is 73.6 Å². The van der Waals surface area contributed by atoms with E-state index in [1.54, 1.807) is 7.11 Å². The fourth-order valence-electron chi connectivity index (χ4n) is 5.20. The van der Waals surface area contributed by atoms with Gasteiger partial charge in [0.1, 0.15) is 5.75 Å². The van der Waals surface area contributed by atoms with Crippen molar-refractivity contribution in [3.63, 3.8) is 0 Å². The zero-order valence-corrected chi connectivity index (χ0v) is 16.1. The van der Waals surface area contributed by atoms with Crippen molar-refractivity contribution < 1.29 is 23.9 Å². The van der Waals surface area contributed by atoms with E-state index in [2.05, 4.69) is 16.9 Å². The number of carbonyl (C=O) groups is 2. The number of rotatable bonds is 5. The average Bonchev–Trinajstić information content (AvgIpc) is 2.68. The fourth-order valence-corrected chi connectivity index (χ4v) is 5.20. The van der Waals surface area contributed by atoms with E-state index in [9.17, 15) is 9.59 Å². The first-order chi connectivity index (χ1) is 12.9. The zero-order chi connectivity index (χ0) is 19.6. The number of esters is 1. The number of methoxy groups -OCH3 is 2. The summed E-state index contributed by atoms with van der Waals surface area (Å²) in [6.07, 6.45) is 4.47. The second kappa shape index (κ2) is 7.65. The van der Waals surface area contributed by atoms with Gasteiger partial charge >= 0.3 is 12.2 Å². The number of ether oxygens (including phenoxy) is 2. The molecule has 0 radical (unpaired) electrons. The molecule has 2 unspecified atom stereocenters. The van der Waals surface area contributed by atoms with Crippen LogP contribution in [-0.4, -0.2) is 37.0 Å². The molecule has 0 N–H and O–H groups in total. The molecule has 0 saturated heterocycles. The van der Waals surface area contributed by atoms with Gasteiger partial charge in [-0.1, -0.05) is 6.07 Å². The average molecular weight is 370 g/mol. The second-order valence-corrected chi connectivity index (χ2v) is 7.84. The molecule has 1 fully saturated rings. The summed E-state index contributed by atoms with van der Waals surface area (Å²) in [6, 6.07) is 6.20.